The molecule has 0 atom stereocenters. The molecule has 2 heterocycles. The molecule has 4 nitrogen and oxygen atoms in total. The van der Waals surface area contributed by atoms with Gasteiger partial charge < -0.3 is 5.32 Å². The zero-order valence-electron chi connectivity index (χ0n) is 12.6. The highest BCUT2D eigenvalue weighted by Gasteiger charge is 2.14. The van der Waals surface area contributed by atoms with E-state index < -0.39 is 0 Å². The number of nitrogens with zero attached hydrogens (tertiary/aromatic N) is 3. The second-order valence-electron chi connectivity index (χ2n) is 6.19. The molecule has 0 spiro atoms. The average molecular weight is 300 g/mol. The SMILES string of the molecule is CC(C)(C)NCc1nn(Cc2cncs2)c2ccccc12. The van der Waals surface area contributed by atoms with E-state index in [9.17, 15) is 0 Å². The van der Waals surface area contributed by atoms with Crippen LogP contribution in [0.25, 0.3) is 10.9 Å². The number of thiazole rings is 1. The fraction of sp³-hybridized carbons (Fsp3) is 0.375. The molecule has 3 rings (SSSR count). The lowest BCUT2D eigenvalue weighted by Crippen LogP contribution is -2.35. The summed E-state index contributed by atoms with van der Waals surface area (Å²) in [5.41, 5.74) is 4.23. The summed E-state index contributed by atoms with van der Waals surface area (Å²) in [6, 6.07) is 8.41. The first-order valence-corrected chi connectivity index (χ1v) is 7.98. The predicted molar refractivity (Wildman–Crippen MR) is 87.5 cm³/mol. The van der Waals surface area contributed by atoms with Crippen LogP contribution in [0.4, 0.5) is 0 Å². The molecule has 0 aliphatic rings. The van der Waals surface area contributed by atoms with Gasteiger partial charge in [0.2, 0.25) is 0 Å². The van der Waals surface area contributed by atoms with Gasteiger partial charge in [-0.15, -0.1) is 11.3 Å². The van der Waals surface area contributed by atoms with Gasteiger partial charge in [0.25, 0.3) is 0 Å². The molecule has 1 N–H and O–H groups in total. The molecule has 0 saturated heterocycles. The minimum atomic E-state index is 0.0859. The van der Waals surface area contributed by atoms with Gasteiger partial charge in [0, 0.05) is 28.5 Å². The Kier molecular flexibility index (Phi) is 3.78. The maximum absolute atomic E-state index is 4.80. The summed E-state index contributed by atoms with van der Waals surface area (Å²) in [6.07, 6.45) is 1.91. The van der Waals surface area contributed by atoms with Gasteiger partial charge in [-0.25, -0.2) is 0 Å². The van der Waals surface area contributed by atoms with Crippen molar-refractivity contribution in [3.8, 4) is 0 Å². The van der Waals surface area contributed by atoms with Crippen molar-refractivity contribution in [3.05, 3.63) is 46.5 Å². The van der Waals surface area contributed by atoms with Crippen molar-refractivity contribution in [2.45, 2.75) is 39.4 Å². The van der Waals surface area contributed by atoms with E-state index in [1.165, 1.54) is 15.8 Å². The Morgan fingerprint density at radius 3 is 2.76 bits per heavy atom. The van der Waals surface area contributed by atoms with Crippen molar-refractivity contribution in [1.82, 2.24) is 20.1 Å². The summed E-state index contributed by atoms with van der Waals surface area (Å²) >= 11 is 1.67. The topological polar surface area (TPSA) is 42.7 Å². The Morgan fingerprint density at radius 2 is 2.05 bits per heavy atom. The molecule has 2 aromatic heterocycles. The monoisotopic (exact) mass is 300 g/mol. The number of para-hydroxylation sites is 1. The fourth-order valence-corrected chi connectivity index (χ4v) is 2.84. The Labute approximate surface area is 128 Å². The third kappa shape index (κ3) is 3.31. The summed E-state index contributed by atoms with van der Waals surface area (Å²) in [4.78, 5) is 5.36. The maximum Gasteiger partial charge on any atom is 0.0841 e. The molecule has 1 aromatic carbocycles. The zero-order valence-corrected chi connectivity index (χ0v) is 13.4. The molecule has 0 bridgehead atoms. The lowest BCUT2D eigenvalue weighted by molar-refractivity contribution is 0.420. The lowest BCUT2D eigenvalue weighted by Gasteiger charge is -2.19. The van der Waals surface area contributed by atoms with Crippen molar-refractivity contribution in [2.24, 2.45) is 0 Å². The van der Waals surface area contributed by atoms with Gasteiger partial charge in [0.1, 0.15) is 0 Å². The predicted octanol–water partition coefficient (Wildman–Crippen LogP) is 3.43. The van der Waals surface area contributed by atoms with E-state index >= 15 is 0 Å². The number of nitrogens with one attached hydrogen (secondary N) is 1. The second kappa shape index (κ2) is 5.58. The van der Waals surface area contributed by atoms with Crippen molar-refractivity contribution >= 4 is 22.2 Å². The van der Waals surface area contributed by atoms with Gasteiger partial charge >= 0.3 is 0 Å². The van der Waals surface area contributed by atoms with Crippen LogP contribution in [-0.4, -0.2) is 20.3 Å². The van der Waals surface area contributed by atoms with Crippen LogP contribution in [0.3, 0.4) is 0 Å². The van der Waals surface area contributed by atoms with Gasteiger partial charge in [-0.3, -0.25) is 9.67 Å². The first kappa shape index (κ1) is 14.2. The number of benzene rings is 1. The summed E-state index contributed by atoms with van der Waals surface area (Å²) in [6.45, 7) is 8.07. The molecule has 0 unspecified atom stereocenters. The van der Waals surface area contributed by atoms with E-state index in [-0.39, 0.29) is 5.54 Å². The van der Waals surface area contributed by atoms with Gasteiger partial charge in [-0.05, 0) is 26.8 Å². The van der Waals surface area contributed by atoms with Crippen LogP contribution in [0.2, 0.25) is 0 Å². The molecule has 0 saturated carbocycles. The molecule has 21 heavy (non-hydrogen) atoms. The van der Waals surface area contributed by atoms with Crippen molar-refractivity contribution < 1.29 is 0 Å². The third-order valence-electron chi connectivity index (χ3n) is 3.31. The van der Waals surface area contributed by atoms with Crippen molar-refractivity contribution in [3.63, 3.8) is 0 Å². The number of rotatable bonds is 4. The van der Waals surface area contributed by atoms with Crippen LogP contribution >= 0.6 is 11.3 Å². The summed E-state index contributed by atoms with van der Waals surface area (Å²) in [7, 11) is 0. The normalized spacial score (nSPS) is 12.1. The molecular formula is C16H20N4S. The van der Waals surface area contributed by atoms with Crippen LogP contribution in [0.1, 0.15) is 31.3 Å². The quantitative estimate of drug-likeness (QED) is 0.802. The average Bonchev–Trinajstić information content (AvgIpc) is 3.05. The van der Waals surface area contributed by atoms with Crippen LogP contribution in [0.5, 0.6) is 0 Å². The molecular weight excluding hydrogens is 280 g/mol. The molecule has 0 radical (unpaired) electrons. The maximum atomic E-state index is 4.80. The standard InChI is InChI=1S/C16H20N4S/c1-16(2,3)18-9-14-13-6-4-5-7-15(13)20(19-14)10-12-8-17-11-21-12/h4-8,11,18H,9-10H2,1-3H3. The Bertz CT molecular complexity index is 722. The van der Waals surface area contributed by atoms with Crippen LogP contribution in [-0.2, 0) is 13.1 Å². The molecule has 0 aliphatic heterocycles. The molecule has 3 aromatic rings. The number of fused-ring (bicyclic) bond motifs is 1. The number of hydrogen-bond acceptors (Lipinski definition) is 4. The first-order valence-electron chi connectivity index (χ1n) is 7.10. The van der Waals surface area contributed by atoms with Crippen LogP contribution in [0.15, 0.2) is 36.0 Å². The van der Waals surface area contributed by atoms with Gasteiger partial charge in [-0.1, -0.05) is 18.2 Å². The van der Waals surface area contributed by atoms with Gasteiger partial charge in [0.05, 0.1) is 23.3 Å². The highest BCUT2D eigenvalue weighted by molar-refractivity contribution is 7.09. The molecule has 110 valence electrons. The second-order valence-corrected chi connectivity index (χ2v) is 7.16. The van der Waals surface area contributed by atoms with E-state index in [0.717, 1.165) is 18.8 Å². The molecule has 5 heteroatoms. The van der Waals surface area contributed by atoms with Gasteiger partial charge in [-0.2, -0.15) is 5.10 Å². The number of aromatic nitrogens is 3. The van der Waals surface area contributed by atoms with Crippen molar-refractivity contribution in [1.29, 1.82) is 0 Å². The smallest absolute Gasteiger partial charge is 0.0841 e. The minimum Gasteiger partial charge on any atom is -0.306 e. The van der Waals surface area contributed by atoms with E-state index in [2.05, 4.69) is 60.0 Å². The summed E-state index contributed by atoms with van der Waals surface area (Å²) in [5, 5.41) is 9.54. The van der Waals surface area contributed by atoms with E-state index in [4.69, 9.17) is 5.10 Å². The van der Waals surface area contributed by atoms with E-state index in [0.29, 0.717) is 0 Å². The number of hydrogen-bond donors (Lipinski definition) is 1. The summed E-state index contributed by atoms with van der Waals surface area (Å²) in [5.74, 6) is 0. The van der Waals surface area contributed by atoms with Gasteiger partial charge in [0.15, 0.2) is 0 Å². The third-order valence-corrected chi connectivity index (χ3v) is 4.07. The van der Waals surface area contributed by atoms with Crippen LogP contribution in [0, 0.1) is 0 Å². The van der Waals surface area contributed by atoms with E-state index in [1.807, 2.05) is 11.7 Å². The van der Waals surface area contributed by atoms with Crippen LogP contribution < -0.4 is 5.32 Å². The molecule has 0 fully saturated rings. The summed E-state index contributed by atoms with van der Waals surface area (Å²) < 4.78 is 2.07. The fourth-order valence-electron chi connectivity index (χ4n) is 2.26. The van der Waals surface area contributed by atoms with E-state index in [1.54, 1.807) is 11.3 Å². The molecule has 0 aliphatic carbocycles. The minimum absolute atomic E-state index is 0.0859. The highest BCUT2D eigenvalue weighted by atomic mass is 32.1. The Balaban J connectivity index is 1.94. The molecule has 0 amide bonds. The lowest BCUT2D eigenvalue weighted by atomic mass is 10.1. The zero-order chi connectivity index (χ0) is 14.9. The Hall–Kier alpha value is -1.72. The first-order chi connectivity index (χ1) is 10.0. The Morgan fingerprint density at radius 1 is 1.24 bits per heavy atom. The highest BCUT2D eigenvalue weighted by Crippen LogP contribution is 2.21. The van der Waals surface area contributed by atoms with Crippen molar-refractivity contribution in [2.75, 3.05) is 0 Å². The largest absolute Gasteiger partial charge is 0.306 e.